The summed E-state index contributed by atoms with van der Waals surface area (Å²) < 4.78 is 38.6. The number of sulfonamides is 1. The number of anilines is 1. The van der Waals surface area contributed by atoms with Gasteiger partial charge < -0.3 is 9.47 Å². The quantitative estimate of drug-likeness (QED) is 0.695. The average Bonchev–Trinajstić information content (AvgIpc) is 3.14. The molecule has 3 rings (SSSR count). The lowest BCUT2D eigenvalue weighted by atomic mass is 10.2. The fourth-order valence-electron chi connectivity index (χ4n) is 2.53. The van der Waals surface area contributed by atoms with E-state index in [2.05, 4.69) is 20.7 Å². The van der Waals surface area contributed by atoms with Gasteiger partial charge >= 0.3 is 5.97 Å². The molecule has 0 aromatic heterocycles. The van der Waals surface area contributed by atoms with Crippen molar-refractivity contribution in [3.8, 4) is 0 Å². The number of rotatable bonds is 6. The maximum absolute atomic E-state index is 12.3. The number of nitrogens with one attached hydrogen (secondary N) is 1. The van der Waals surface area contributed by atoms with Crippen LogP contribution in [0.1, 0.15) is 23.2 Å². The van der Waals surface area contributed by atoms with Gasteiger partial charge in [0.1, 0.15) is 6.61 Å². The minimum Gasteiger partial charge on any atom is -0.459 e. The van der Waals surface area contributed by atoms with Gasteiger partial charge in [-0.25, -0.2) is 13.2 Å². The third-order valence-corrected chi connectivity index (χ3v) is 5.85. The Balaban J connectivity index is 1.61. The van der Waals surface area contributed by atoms with Gasteiger partial charge in [0, 0.05) is 16.8 Å². The number of carbonyl (C=O) groups excluding carboxylic acids is 1. The lowest BCUT2D eigenvalue weighted by Crippen LogP contribution is -2.18. The van der Waals surface area contributed by atoms with E-state index in [4.69, 9.17) is 9.47 Å². The fraction of sp³-hybridized carbons (Fsp3) is 0.278. The first-order valence-electron chi connectivity index (χ1n) is 8.11. The molecular formula is C18H18BrNO5S. The highest BCUT2D eigenvalue weighted by molar-refractivity contribution is 9.10. The Labute approximate surface area is 160 Å². The summed E-state index contributed by atoms with van der Waals surface area (Å²) in [6, 6.07) is 12.4. The molecule has 0 spiro atoms. The molecule has 138 valence electrons. The van der Waals surface area contributed by atoms with Crippen LogP contribution in [-0.4, -0.2) is 33.7 Å². The van der Waals surface area contributed by atoms with Crippen molar-refractivity contribution in [1.29, 1.82) is 0 Å². The molecule has 1 unspecified atom stereocenters. The Morgan fingerprint density at radius 3 is 2.46 bits per heavy atom. The van der Waals surface area contributed by atoms with E-state index in [-0.39, 0.29) is 17.6 Å². The van der Waals surface area contributed by atoms with E-state index in [9.17, 15) is 13.2 Å². The van der Waals surface area contributed by atoms with Crippen LogP contribution >= 0.6 is 15.9 Å². The van der Waals surface area contributed by atoms with Gasteiger partial charge in [0.05, 0.1) is 16.6 Å². The van der Waals surface area contributed by atoms with Gasteiger partial charge in [-0.15, -0.1) is 0 Å². The zero-order valence-electron chi connectivity index (χ0n) is 13.9. The Hall–Kier alpha value is -1.90. The molecule has 1 saturated heterocycles. The maximum Gasteiger partial charge on any atom is 0.338 e. The Kier molecular flexibility index (Phi) is 5.95. The number of carbonyl (C=O) groups is 1. The van der Waals surface area contributed by atoms with E-state index in [0.29, 0.717) is 17.9 Å². The van der Waals surface area contributed by atoms with Crippen molar-refractivity contribution in [2.24, 2.45) is 0 Å². The van der Waals surface area contributed by atoms with Crippen molar-refractivity contribution in [2.75, 3.05) is 17.9 Å². The smallest absolute Gasteiger partial charge is 0.338 e. The lowest BCUT2D eigenvalue weighted by Gasteiger charge is -2.11. The standard InChI is InChI=1S/C18H18BrNO5S/c19-14-5-9-17(10-6-14)26(22,23)20-15-7-3-13(4-8-15)18(21)25-12-16-2-1-11-24-16/h3-10,16,20H,1-2,11-12H2. The Morgan fingerprint density at radius 1 is 1.15 bits per heavy atom. The molecule has 1 N–H and O–H groups in total. The van der Waals surface area contributed by atoms with Crippen LogP contribution in [0.3, 0.4) is 0 Å². The molecular weight excluding hydrogens is 422 g/mol. The number of ether oxygens (including phenoxy) is 2. The number of halogens is 1. The van der Waals surface area contributed by atoms with Crippen LogP contribution in [-0.2, 0) is 19.5 Å². The summed E-state index contributed by atoms with van der Waals surface area (Å²) in [5.74, 6) is -0.456. The summed E-state index contributed by atoms with van der Waals surface area (Å²) in [5, 5.41) is 0. The molecule has 0 aliphatic carbocycles. The van der Waals surface area contributed by atoms with Crippen molar-refractivity contribution in [3.05, 3.63) is 58.6 Å². The molecule has 0 saturated carbocycles. The van der Waals surface area contributed by atoms with Gasteiger partial charge in [0.2, 0.25) is 0 Å². The molecule has 6 nitrogen and oxygen atoms in total. The van der Waals surface area contributed by atoms with Crippen LogP contribution in [0, 0.1) is 0 Å². The SMILES string of the molecule is O=C(OCC1CCCO1)c1ccc(NS(=O)(=O)c2ccc(Br)cc2)cc1. The monoisotopic (exact) mass is 439 g/mol. The molecule has 2 aromatic rings. The highest BCUT2D eigenvalue weighted by Crippen LogP contribution is 2.19. The van der Waals surface area contributed by atoms with Gasteiger partial charge in [-0.05, 0) is 61.4 Å². The molecule has 1 aliphatic heterocycles. The molecule has 1 fully saturated rings. The van der Waals surface area contributed by atoms with Gasteiger partial charge in [-0.2, -0.15) is 0 Å². The van der Waals surface area contributed by atoms with Crippen molar-refractivity contribution < 1.29 is 22.7 Å². The van der Waals surface area contributed by atoms with E-state index in [1.54, 1.807) is 12.1 Å². The normalized spacial score (nSPS) is 17.0. The first-order valence-corrected chi connectivity index (χ1v) is 10.4. The zero-order chi connectivity index (χ0) is 18.6. The van der Waals surface area contributed by atoms with Crippen molar-refractivity contribution in [1.82, 2.24) is 0 Å². The largest absolute Gasteiger partial charge is 0.459 e. The summed E-state index contributed by atoms with van der Waals surface area (Å²) >= 11 is 3.27. The van der Waals surface area contributed by atoms with Crippen molar-refractivity contribution in [3.63, 3.8) is 0 Å². The number of hydrogen-bond acceptors (Lipinski definition) is 5. The summed E-state index contributed by atoms with van der Waals surface area (Å²) in [4.78, 5) is 12.2. The highest BCUT2D eigenvalue weighted by atomic mass is 79.9. The molecule has 0 amide bonds. The first kappa shape index (κ1) is 18.9. The molecule has 2 aromatic carbocycles. The molecule has 0 bridgehead atoms. The lowest BCUT2D eigenvalue weighted by molar-refractivity contribution is 0.0161. The predicted molar refractivity (Wildman–Crippen MR) is 101 cm³/mol. The van der Waals surface area contributed by atoms with Gasteiger partial charge in [0.25, 0.3) is 10.0 Å². The van der Waals surface area contributed by atoms with Crippen molar-refractivity contribution in [2.45, 2.75) is 23.8 Å². The summed E-state index contributed by atoms with van der Waals surface area (Å²) in [6.07, 6.45) is 1.84. The minimum atomic E-state index is -3.69. The second-order valence-corrected chi connectivity index (χ2v) is 8.47. The number of benzene rings is 2. The van der Waals surface area contributed by atoms with Crippen LogP contribution < -0.4 is 4.72 Å². The Bertz CT molecular complexity index is 859. The molecule has 8 heteroatoms. The Morgan fingerprint density at radius 2 is 1.85 bits per heavy atom. The third-order valence-electron chi connectivity index (χ3n) is 3.92. The average molecular weight is 440 g/mol. The number of esters is 1. The zero-order valence-corrected chi connectivity index (χ0v) is 16.3. The second kappa shape index (κ2) is 8.20. The van der Waals surface area contributed by atoms with E-state index in [1.165, 1.54) is 36.4 Å². The van der Waals surface area contributed by atoms with E-state index >= 15 is 0 Å². The minimum absolute atomic E-state index is 0.0315. The van der Waals surface area contributed by atoms with Crippen molar-refractivity contribution >= 4 is 37.6 Å². The third kappa shape index (κ3) is 4.84. The molecule has 0 radical (unpaired) electrons. The van der Waals surface area contributed by atoms with Crippen LogP contribution in [0.4, 0.5) is 5.69 Å². The van der Waals surface area contributed by atoms with Gasteiger partial charge in [-0.3, -0.25) is 4.72 Å². The van der Waals surface area contributed by atoms with Crippen LogP contribution in [0.2, 0.25) is 0 Å². The number of hydrogen-bond donors (Lipinski definition) is 1. The fourth-order valence-corrected chi connectivity index (χ4v) is 3.85. The highest BCUT2D eigenvalue weighted by Gasteiger charge is 2.18. The molecule has 26 heavy (non-hydrogen) atoms. The van der Waals surface area contributed by atoms with Gasteiger partial charge in [-0.1, -0.05) is 15.9 Å². The van der Waals surface area contributed by atoms with Crippen LogP contribution in [0.5, 0.6) is 0 Å². The van der Waals surface area contributed by atoms with Gasteiger partial charge in [0.15, 0.2) is 0 Å². The first-order chi connectivity index (χ1) is 12.4. The second-order valence-electron chi connectivity index (χ2n) is 5.87. The molecule has 1 heterocycles. The van der Waals surface area contributed by atoms with E-state index < -0.39 is 16.0 Å². The summed E-state index contributed by atoms with van der Waals surface area (Å²) in [5.41, 5.74) is 0.721. The topological polar surface area (TPSA) is 81.7 Å². The van der Waals surface area contributed by atoms with Crippen LogP contribution in [0.15, 0.2) is 57.9 Å². The van der Waals surface area contributed by atoms with E-state index in [1.807, 2.05) is 0 Å². The predicted octanol–water partition coefficient (Wildman–Crippen LogP) is 3.59. The molecule has 1 aliphatic rings. The van der Waals surface area contributed by atoms with E-state index in [0.717, 1.165) is 17.3 Å². The molecule has 1 atom stereocenters. The van der Waals surface area contributed by atoms with Crippen LogP contribution in [0.25, 0.3) is 0 Å². The summed E-state index contributed by atoms with van der Waals surface area (Å²) in [6.45, 7) is 0.937. The maximum atomic E-state index is 12.3. The summed E-state index contributed by atoms with van der Waals surface area (Å²) in [7, 11) is -3.69.